The molecule has 102 valence electrons. The third kappa shape index (κ3) is 5.18. The summed E-state index contributed by atoms with van der Waals surface area (Å²) in [6, 6.07) is 1.83. The van der Waals surface area contributed by atoms with Crippen LogP contribution in [0.4, 0.5) is 0 Å². The second-order valence-corrected chi connectivity index (χ2v) is 5.25. The summed E-state index contributed by atoms with van der Waals surface area (Å²) in [6.07, 6.45) is 0. The van der Waals surface area contributed by atoms with Gasteiger partial charge < -0.3 is 19.9 Å². The molecule has 1 aromatic rings. The normalized spacial score (nSPS) is 12.8. The van der Waals surface area contributed by atoms with E-state index in [1.807, 2.05) is 40.9 Å². The summed E-state index contributed by atoms with van der Waals surface area (Å²) in [5, 5.41) is 3.91. The van der Waals surface area contributed by atoms with Crippen molar-refractivity contribution in [2.24, 2.45) is 10.7 Å². The van der Waals surface area contributed by atoms with Crippen molar-refractivity contribution in [3.63, 3.8) is 0 Å². The van der Waals surface area contributed by atoms with Crippen molar-refractivity contribution in [3.05, 3.63) is 17.5 Å². The lowest BCUT2D eigenvalue weighted by Gasteiger charge is -2.17. The van der Waals surface area contributed by atoms with E-state index in [1.165, 1.54) is 0 Å². The second-order valence-electron chi connectivity index (χ2n) is 5.25. The van der Waals surface area contributed by atoms with Crippen LogP contribution >= 0.6 is 0 Å². The standard InChI is InChI=1S/C12H22N4O2/c1-12(2,3)17-8-10-6-9(15-18-10)7-14-11(13)16(4)5/h6H,7-8H2,1-5H3,(H2,13,14). The number of guanidine groups is 1. The molecule has 1 rings (SSSR count). The lowest BCUT2D eigenvalue weighted by atomic mass is 10.2. The molecule has 0 atom stereocenters. The predicted octanol–water partition coefficient (Wildman–Crippen LogP) is 1.37. The van der Waals surface area contributed by atoms with Gasteiger partial charge in [0.25, 0.3) is 0 Å². The van der Waals surface area contributed by atoms with Crippen molar-refractivity contribution in [1.82, 2.24) is 10.1 Å². The molecule has 0 aliphatic heterocycles. The summed E-state index contributed by atoms with van der Waals surface area (Å²) in [5.41, 5.74) is 6.23. The first-order valence-corrected chi connectivity index (χ1v) is 5.83. The zero-order valence-electron chi connectivity index (χ0n) is 11.7. The molecule has 18 heavy (non-hydrogen) atoms. The SMILES string of the molecule is CN(C)C(N)=NCc1cc(COC(C)(C)C)on1. The number of rotatable bonds is 4. The van der Waals surface area contributed by atoms with E-state index in [1.54, 1.807) is 4.90 Å². The minimum absolute atomic E-state index is 0.194. The first kappa shape index (κ1) is 14.5. The van der Waals surface area contributed by atoms with Crippen LogP contribution in [0.5, 0.6) is 0 Å². The van der Waals surface area contributed by atoms with Crippen molar-refractivity contribution in [3.8, 4) is 0 Å². The number of aromatic nitrogens is 1. The Kier molecular flexibility index (Phi) is 4.72. The van der Waals surface area contributed by atoms with Gasteiger partial charge in [-0.05, 0) is 20.8 Å². The highest BCUT2D eigenvalue weighted by molar-refractivity contribution is 5.77. The van der Waals surface area contributed by atoms with Crippen LogP contribution in [0.2, 0.25) is 0 Å². The van der Waals surface area contributed by atoms with Gasteiger partial charge in [0.05, 0.1) is 12.1 Å². The Morgan fingerprint density at radius 2 is 2.17 bits per heavy atom. The largest absolute Gasteiger partial charge is 0.370 e. The van der Waals surface area contributed by atoms with Gasteiger partial charge in [-0.3, -0.25) is 0 Å². The van der Waals surface area contributed by atoms with E-state index in [2.05, 4.69) is 10.1 Å². The molecule has 6 nitrogen and oxygen atoms in total. The molecule has 0 aromatic carbocycles. The number of nitrogens with zero attached hydrogens (tertiary/aromatic N) is 3. The zero-order chi connectivity index (χ0) is 13.8. The minimum Gasteiger partial charge on any atom is -0.370 e. The van der Waals surface area contributed by atoms with Crippen LogP contribution in [-0.2, 0) is 17.9 Å². The van der Waals surface area contributed by atoms with E-state index in [0.717, 1.165) is 5.69 Å². The van der Waals surface area contributed by atoms with Gasteiger partial charge in [0.2, 0.25) is 0 Å². The van der Waals surface area contributed by atoms with Crippen LogP contribution < -0.4 is 5.73 Å². The molecule has 0 aliphatic rings. The summed E-state index contributed by atoms with van der Waals surface area (Å²) >= 11 is 0. The Morgan fingerprint density at radius 3 is 2.72 bits per heavy atom. The van der Waals surface area contributed by atoms with Crippen LogP contribution in [0, 0.1) is 0 Å². The molecule has 0 fully saturated rings. The van der Waals surface area contributed by atoms with E-state index in [9.17, 15) is 0 Å². The quantitative estimate of drug-likeness (QED) is 0.648. The van der Waals surface area contributed by atoms with Gasteiger partial charge in [-0.15, -0.1) is 0 Å². The molecule has 1 aromatic heterocycles. The third-order valence-electron chi connectivity index (χ3n) is 2.12. The Balaban J connectivity index is 2.51. The number of hydrogen-bond donors (Lipinski definition) is 1. The smallest absolute Gasteiger partial charge is 0.191 e. The van der Waals surface area contributed by atoms with Gasteiger partial charge >= 0.3 is 0 Å². The third-order valence-corrected chi connectivity index (χ3v) is 2.12. The number of nitrogens with two attached hydrogens (primary N) is 1. The van der Waals surface area contributed by atoms with Gasteiger partial charge in [0.15, 0.2) is 11.7 Å². The van der Waals surface area contributed by atoms with Crippen LogP contribution in [-0.4, -0.2) is 35.7 Å². The first-order valence-electron chi connectivity index (χ1n) is 5.83. The molecule has 0 saturated heterocycles. The molecule has 0 amide bonds. The number of ether oxygens (including phenoxy) is 1. The number of hydrogen-bond acceptors (Lipinski definition) is 4. The van der Waals surface area contributed by atoms with Crippen molar-refractivity contribution in [1.29, 1.82) is 0 Å². The molecular formula is C12H22N4O2. The van der Waals surface area contributed by atoms with Crippen LogP contribution in [0.1, 0.15) is 32.2 Å². The number of aliphatic imine (C=N–C) groups is 1. The highest BCUT2D eigenvalue weighted by Gasteiger charge is 2.12. The van der Waals surface area contributed by atoms with Gasteiger partial charge in [-0.2, -0.15) is 0 Å². The molecule has 0 spiro atoms. The minimum atomic E-state index is -0.194. The summed E-state index contributed by atoms with van der Waals surface area (Å²) in [6.45, 7) is 6.79. The van der Waals surface area contributed by atoms with Crippen LogP contribution in [0.3, 0.4) is 0 Å². The summed E-state index contributed by atoms with van der Waals surface area (Å²) in [4.78, 5) is 5.91. The molecule has 0 aliphatic carbocycles. The Labute approximate surface area is 108 Å². The Morgan fingerprint density at radius 1 is 1.50 bits per heavy atom. The maximum atomic E-state index is 5.68. The molecule has 0 unspecified atom stereocenters. The predicted molar refractivity (Wildman–Crippen MR) is 70.1 cm³/mol. The molecular weight excluding hydrogens is 232 g/mol. The highest BCUT2D eigenvalue weighted by Crippen LogP contribution is 2.13. The van der Waals surface area contributed by atoms with E-state index >= 15 is 0 Å². The van der Waals surface area contributed by atoms with Crippen molar-refractivity contribution in [2.45, 2.75) is 39.5 Å². The van der Waals surface area contributed by atoms with E-state index in [-0.39, 0.29) is 5.60 Å². The van der Waals surface area contributed by atoms with E-state index in [0.29, 0.717) is 24.9 Å². The van der Waals surface area contributed by atoms with Crippen molar-refractivity contribution >= 4 is 5.96 Å². The van der Waals surface area contributed by atoms with E-state index in [4.69, 9.17) is 15.0 Å². The molecule has 0 bridgehead atoms. The monoisotopic (exact) mass is 254 g/mol. The lowest BCUT2D eigenvalue weighted by Crippen LogP contribution is -2.30. The fourth-order valence-electron chi connectivity index (χ4n) is 1.09. The lowest BCUT2D eigenvalue weighted by molar-refractivity contribution is -0.0241. The van der Waals surface area contributed by atoms with Crippen LogP contribution in [0.15, 0.2) is 15.6 Å². The fraction of sp³-hybridized carbons (Fsp3) is 0.667. The van der Waals surface area contributed by atoms with Crippen LogP contribution in [0.25, 0.3) is 0 Å². The average molecular weight is 254 g/mol. The Bertz CT molecular complexity index is 404. The van der Waals surface area contributed by atoms with Gasteiger partial charge in [0, 0.05) is 20.2 Å². The highest BCUT2D eigenvalue weighted by atomic mass is 16.5. The molecule has 1 heterocycles. The molecule has 2 N–H and O–H groups in total. The summed E-state index contributed by atoms with van der Waals surface area (Å²) in [5.74, 6) is 1.16. The molecule has 0 saturated carbocycles. The second kappa shape index (κ2) is 5.86. The van der Waals surface area contributed by atoms with Gasteiger partial charge in [-0.25, -0.2) is 4.99 Å². The van der Waals surface area contributed by atoms with Gasteiger partial charge in [-0.1, -0.05) is 5.16 Å². The molecule has 0 radical (unpaired) electrons. The Hall–Kier alpha value is -1.56. The zero-order valence-corrected chi connectivity index (χ0v) is 11.7. The maximum absolute atomic E-state index is 5.68. The average Bonchev–Trinajstić information content (AvgIpc) is 2.70. The maximum Gasteiger partial charge on any atom is 0.191 e. The summed E-state index contributed by atoms with van der Waals surface area (Å²) < 4.78 is 10.7. The fourth-order valence-corrected chi connectivity index (χ4v) is 1.09. The van der Waals surface area contributed by atoms with E-state index < -0.39 is 0 Å². The van der Waals surface area contributed by atoms with Crippen molar-refractivity contribution in [2.75, 3.05) is 14.1 Å². The summed E-state index contributed by atoms with van der Waals surface area (Å²) in [7, 11) is 3.68. The topological polar surface area (TPSA) is 76.9 Å². The van der Waals surface area contributed by atoms with Gasteiger partial charge in [0.1, 0.15) is 12.3 Å². The first-order chi connectivity index (χ1) is 8.28. The molecule has 6 heteroatoms. The van der Waals surface area contributed by atoms with Crippen molar-refractivity contribution < 1.29 is 9.26 Å².